The van der Waals surface area contributed by atoms with Gasteiger partial charge in [-0.05, 0) is 172 Å². The lowest BCUT2D eigenvalue weighted by molar-refractivity contribution is 0.794. The molecule has 1 heterocycles. The molecule has 0 N–H and O–H groups in total. The van der Waals surface area contributed by atoms with Crippen LogP contribution >= 0.6 is 15.9 Å². The van der Waals surface area contributed by atoms with Crippen molar-refractivity contribution in [3.05, 3.63) is 339 Å². The maximum atomic E-state index is 3.31. The first-order valence-corrected chi connectivity index (χ1v) is 27.6. The van der Waals surface area contributed by atoms with E-state index in [4.69, 9.17) is 0 Å². The molecule has 13 aromatic rings. The lowest BCUT2D eigenvalue weighted by Crippen LogP contribution is -2.25. The van der Waals surface area contributed by atoms with Crippen molar-refractivity contribution in [1.29, 1.82) is 0 Å². The number of aromatic nitrogens is 1. The van der Waals surface area contributed by atoms with Crippen molar-refractivity contribution in [2.45, 2.75) is 17.3 Å². The van der Waals surface area contributed by atoms with E-state index in [-0.39, 0.29) is 10.8 Å². The largest absolute Gasteiger partial charge is 0.309 e. The van der Waals surface area contributed by atoms with Crippen LogP contribution in [0.15, 0.2) is 284 Å². The van der Waals surface area contributed by atoms with Crippen LogP contribution in [0.4, 0.5) is 0 Å². The zero-order valence-electron chi connectivity index (χ0n) is 42.1. The number of hydrogen-bond acceptors (Lipinski definition) is 0. The molecule has 360 valence electrons. The molecule has 0 unspecified atom stereocenters. The van der Waals surface area contributed by atoms with Crippen molar-refractivity contribution in [3.8, 4) is 61.3 Å². The fraction of sp³-hybridized carbons (Fsp3) is 0.0400. The first-order valence-electron chi connectivity index (χ1n) is 26.8. The van der Waals surface area contributed by atoms with Crippen LogP contribution in [0.5, 0.6) is 0 Å². The summed E-state index contributed by atoms with van der Waals surface area (Å²) in [6.07, 6.45) is 1.03. The predicted octanol–water partition coefficient (Wildman–Crippen LogP) is 19.2. The van der Waals surface area contributed by atoms with Crippen molar-refractivity contribution in [2.24, 2.45) is 0 Å². The normalized spacial score (nSPS) is 13.9. The Balaban J connectivity index is 0.000000116. The van der Waals surface area contributed by atoms with E-state index in [1.807, 2.05) is 30.3 Å². The zero-order valence-corrected chi connectivity index (χ0v) is 43.7. The molecule has 0 aliphatic heterocycles. The summed E-state index contributed by atoms with van der Waals surface area (Å²) in [5, 5.41) is 2.59. The number of benzene rings is 12. The smallest absolute Gasteiger partial charge is 0.0725 e. The van der Waals surface area contributed by atoms with Crippen LogP contribution in [-0.4, -0.2) is 4.57 Å². The molecule has 0 atom stereocenters. The van der Waals surface area contributed by atoms with Crippen LogP contribution in [-0.2, 0) is 17.3 Å². The highest BCUT2D eigenvalue weighted by Gasteiger charge is 2.53. The van der Waals surface area contributed by atoms with Gasteiger partial charge in [-0.3, -0.25) is 0 Å². The topological polar surface area (TPSA) is 4.93 Å². The third kappa shape index (κ3) is 6.11. The van der Waals surface area contributed by atoms with Crippen LogP contribution < -0.4 is 0 Å². The van der Waals surface area contributed by atoms with Crippen LogP contribution in [0.25, 0.3) is 83.1 Å². The Hall–Kier alpha value is -9.08. The van der Waals surface area contributed by atoms with Crippen LogP contribution in [0.1, 0.15) is 55.6 Å². The Kier molecular flexibility index (Phi) is 9.75. The second-order valence-corrected chi connectivity index (χ2v) is 22.0. The molecule has 1 nitrogen and oxygen atoms in total. The van der Waals surface area contributed by atoms with E-state index in [1.54, 1.807) is 0 Å². The lowest BCUT2D eigenvalue weighted by atomic mass is 9.70. The summed E-state index contributed by atoms with van der Waals surface area (Å²) in [6, 6.07) is 103. The van der Waals surface area contributed by atoms with Gasteiger partial charge < -0.3 is 4.57 Å². The summed E-state index contributed by atoms with van der Waals surface area (Å²) in [5.41, 5.74) is 30.9. The Morgan fingerprint density at radius 3 is 1.14 bits per heavy atom. The monoisotopic (exact) mass is 1040 g/mol. The van der Waals surface area contributed by atoms with E-state index in [1.165, 1.54) is 139 Å². The molecule has 0 saturated heterocycles. The molecule has 5 aliphatic carbocycles. The molecule has 0 saturated carbocycles. The van der Waals surface area contributed by atoms with E-state index in [0.29, 0.717) is 0 Å². The number of rotatable bonds is 1. The molecular formula is C75H48BrN. The average Bonchev–Trinajstić information content (AvgIpc) is 4.47. The molecule has 1 aromatic heterocycles. The van der Waals surface area contributed by atoms with Crippen molar-refractivity contribution in [2.75, 3.05) is 0 Å². The van der Waals surface area contributed by atoms with E-state index >= 15 is 0 Å². The number of fused-ring (bicyclic) bond motifs is 26. The molecular weight excluding hydrogens is 995 g/mol. The molecule has 77 heavy (non-hydrogen) atoms. The maximum Gasteiger partial charge on any atom is 0.0725 e. The van der Waals surface area contributed by atoms with Gasteiger partial charge in [0.1, 0.15) is 0 Å². The third-order valence-corrected chi connectivity index (χ3v) is 18.0. The first-order chi connectivity index (χ1) is 38.1. The van der Waals surface area contributed by atoms with Gasteiger partial charge in [0.2, 0.25) is 0 Å². The quantitative estimate of drug-likeness (QED) is 0.154. The van der Waals surface area contributed by atoms with E-state index in [0.717, 1.165) is 10.9 Å². The second-order valence-electron chi connectivity index (χ2n) is 21.1. The fourth-order valence-electron chi connectivity index (χ4n) is 14.5. The molecule has 2 spiro atoms. The van der Waals surface area contributed by atoms with Crippen molar-refractivity contribution in [1.82, 2.24) is 4.57 Å². The van der Waals surface area contributed by atoms with Crippen LogP contribution in [0.3, 0.4) is 0 Å². The number of hydrogen-bond donors (Lipinski definition) is 0. The molecule has 12 aromatic carbocycles. The highest BCUT2D eigenvalue weighted by atomic mass is 79.9. The Bertz CT molecular complexity index is 4470. The average molecular weight is 1040 g/mol. The third-order valence-electron chi connectivity index (χ3n) is 17.4. The Labute approximate surface area is 457 Å². The van der Waals surface area contributed by atoms with Gasteiger partial charge in [0.25, 0.3) is 0 Å². The SMILES string of the molecule is Brc1ccccc1.c1ccc(-n2c3ccccc3c3cc4c(cc32)-c2ccccc2C42c3ccccc3-c3ccccc32)cc1.c1ccc2c(c1)Cc1cc3c(cc1-2)C1(c2ccccc2-c2ccccc21)c1ccccc1-3. The lowest BCUT2D eigenvalue weighted by Gasteiger charge is -2.30. The van der Waals surface area contributed by atoms with Gasteiger partial charge >= 0.3 is 0 Å². The number of nitrogens with zero attached hydrogens (tertiary/aromatic N) is 1. The first kappa shape index (κ1) is 44.2. The van der Waals surface area contributed by atoms with Gasteiger partial charge in [-0.15, -0.1) is 0 Å². The summed E-state index contributed by atoms with van der Waals surface area (Å²) in [7, 11) is 0. The van der Waals surface area contributed by atoms with Gasteiger partial charge in [-0.25, -0.2) is 0 Å². The van der Waals surface area contributed by atoms with E-state index in [2.05, 4.69) is 269 Å². The summed E-state index contributed by atoms with van der Waals surface area (Å²) >= 11 is 3.31. The minimum Gasteiger partial charge on any atom is -0.309 e. The molecule has 0 fully saturated rings. The predicted molar refractivity (Wildman–Crippen MR) is 322 cm³/mol. The van der Waals surface area contributed by atoms with Crippen molar-refractivity contribution < 1.29 is 0 Å². The highest BCUT2D eigenvalue weighted by Crippen LogP contribution is 2.65. The Morgan fingerprint density at radius 2 is 0.649 bits per heavy atom. The van der Waals surface area contributed by atoms with Crippen LogP contribution in [0.2, 0.25) is 0 Å². The summed E-state index contributed by atoms with van der Waals surface area (Å²) in [4.78, 5) is 0. The Morgan fingerprint density at radius 1 is 0.260 bits per heavy atom. The van der Waals surface area contributed by atoms with E-state index < -0.39 is 0 Å². The van der Waals surface area contributed by atoms with Crippen LogP contribution in [0, 0.1) is 0 Å². The minimum atomic E-state index is -0.316. The minimum absolute atomic E-state index is 0.244. The number of para-hydroxylation sites is 2. The van der Waals surface area contributed by atoms with Gasteiger partial charge in [0.05, 0.1) is 21.9 Å². The summed E-state index contributed by atoms with van der Waals surface area (Å²) < 4.78 is 3.56. The molecule has 18 rings (SSSR count). The maximum absolute atomic E-state index is 3.31. The van der Waals surface area contributed by atoms with Gasteiger partial charge in [0.15, 0.2) is 0 Å². The highest BCUT2D eigenvalue weighted by molar-refractivity contribution is 9.10. The van der Waals surface area contributed by atoms with Crippen molar-refractivity contribution in [3.63, 3.8) is 0 Å². The molecule has 5 aliphatic rings. The van der Waals surface area contributed by atoms with Crippen molar-refractivity contribution >= 4 is 37.7 Å². The molecule has 0 bridgehead atoms. The standard InChI is InChI=1S/C37H23N.C32H20.C6H5Br/c1-2-12-24(13-3-1)38-35-21-11-7-17-28(35)30-22-34-29(23-36(30)38)27-16-6-10-20-33(27)37(34)31-18-8-4-14-25(31)26-15-5-9-19-32(26)37;1-2-10-22-20(9-1)17-21-18-27-25-13-5-8-16-30(25)32(31(27)19-26(21)22)28-14-6-3-11-23(28)24-12-4-7-15-29(24)32;7-6-4-2-1-3-5-6/h1-23H;1-16,18-19H,17H2;1-5H. The molecule has 0 amide bonds. The van der Waals surface area contributed by atoms with Gasteiger partial charge in [-0.2, -0.15) is 0 Å². The fourth-order valence-corrected chi connectivity index (χ4v) is 14.9. The zero-order chi connectivity index (χ0) is 50.8. The molecule has 0 radical (unpaired) electrons. The summed E-state index contributed by atoms with van der Waals surface area (Å²) in [5.74, 6) is 0. The second kappa shape index (κ2) is 17.0. The van der Waals surface area contributed by atoms with Gasteiger partial charge in [0, 0.05) is 20.9 Å². The summed E-state index contributed by atoms with van der Waals surface area (Å²) in [6.45, 7) is 0. The number of halogens is 1. The van der Waals surface area contributed by atoms with E-state index in [9.17, 15) is 0 Å². The molecule has 2 heteroatoms. The van der Waals surface area contributed by atoms with Gasteiger partial charge in [-0.1, -0.05) is 240 Å².